The molecule has 1 saturated carbocycles. The van der Waals surface area contributed by atoms with Crippen molar-refractivity contribution >= 4 is 21.4 Å². The molecule has 2 heteroatoms. The van der Waals surface area contributed by atoms with E-state index >= 15 is 0 Å². The zero-order valence-electron chi connectivity index (χ0n) is 10.7. The monoisotopic (exact) mass is 245 g/mol. The topological polar surface area (TPSA) is 12.0 Å². The van der Waals surface area contributed by atoms with E-state index < -0.39 is 0 Å². The third-order valence-corrected chi connectivity index (χ3v) is 5.13. The molecule has 90 valence electrons. The molecule has 2 unspecified atom stereocenters. The van der Waals surface area contributed by atoms with Crippen molar-refractivity contribution in [2.75, 3.05) is 7.05 Å². The van der Waals surface area contributed by atoms with Crippen LogP contribution in [0.2, 0.25) is 0 Å². The number of hydrogen-bond acceptors (Lipinski definition) is 2. The Morgan fingerprint density at radius 1 is 1.35 bits per heavy atom. The van der Waals surface area contributed by atoms with E-state index in [1.807, 2.05) is 11.3 Å². The Hall–Kier alpha value is -0.860. The fraction of sp³-hybridized carbons (Fsp3) is 0.467. The predicted molar refractivity (Wildman–Crippen MR) is 75.5 cm³/mol. The molecule has 1 heterocycles. The molecule has 1 N–H and O–H groups in total. The molecule has 2 aromatic rings. The van der Waals surface area contributed by atoms with Crippen molar-refractivity contribution in [2.45, 2.75) is 26.3 Å². The zero-order valence-corrected chi connectivity index (χ0v) is 11.5. The van der Waals surface area contributed by atoms with Gasteiger partial charge in [0.2, 0.25) is 0 Å². The number of nitrogens with one attached hydrogen (secondary N) is 1. The highest BCUT2D eigenvalue weighted by Gasteiger charge is 2.50. The molecule has 1 aromatic carbocycles. The Labute approximate surface area is 107 Å². The van der Waals surface area contributed by atoms with E-state index in [2.05, 4.69) is 55.9 Å². The number of rotatable bonds is 3. The van der Waals surface area contributed by atoms with Gasteiger partial charge < -0.3 is 5.32 Å². The van der Waals surface area contributed by atoms with Crippen LogP contribution >= 0.6 is 11.3 Å². The van der Waals surface area contributed by atoms with E-state index in [4.69, 9.17) is 0 Å². The largest absolute Gasteiger partial charge is 0.313 e. The van der Waals surface area contributed by atoms with Crippen LogP contribution in [0.5, 0.6) is 0 Å². The number of thiophene rings is 1. The highest BCUT2D eigenvalue weighted by molar-refractivity contribution is 7.17. The SMILES string of the molecule is CNC(c1csc2ccccc12)C1CC1(C)C. The maximum atomic E-state index is 3.52. The van der Waals surface area contributed by atoms with Crippen LogP contribution in [0, 0.1) is 11.3 Å². The summed E-state index contributed by atoms with van der Waals surface area (Å²) in [5, 5.41) is 7.28. The minimum Gasteiger partial charge on any atom is -0.313 e. The van der Waals surface area contributed by atoms with Crippen molar-refractivity contribution < 1.29 is 0 Å². The van der Waals surface area contributed by atoms with Crippen LogP contribution in [-0.2, 0) is 0 Å². The van der Waals surface area contributed by atoms with E-state index in [0.29, 0.717) is 11.5 Å². The summed E-state index contributed by atoms with van der Waals surface area (Å²) in [6.07, 6.45) is 1.34. The normalized spacial score (nSPS) is 23.8. The van der Waals surface area contributed by atoms with Gasteiger partial charge in [-0.2, -0.15) is 0 Å². The van der Waals surface area contributed by atoms with Crippen LogP contribution in [0.3, 0.4) is 0 Å². The Bertz CT molecular complexity index is 541. The van der Waals surface area contributed by atoms with Crippen molar-refractivity contribution in [1.29, 1.82) is 0 Å². The lowest BCUT2D eigenvalue weighted by molar-refractivity contribution is 0.444. The molecule has 2 atom stereocenters. The lowest BCUT2D eigenvalue weighted by Gasteiger charge is -2.17. The third-order valence-electron chi connectivity index (χ3n) is 4.15. The highest BCUT2D eigenvalue weighted by Crippen LogP contribution is 2.58. The lowest BCUT2D eigenvalue weighted by atomic mass is 9.97. The number of benzene rings is 1. The van der Waals surface area contributed by atoms with E-state index in [1.165, 1.54) is 22.1 Å². The van der Waals surface area contributed by atoms with Crippen LogP contribution in [0.4, 0.5) is 0 Å². The first-order chi connectivity index (χ1) is 8.13. The molecule has 0 bridgehead atoms. The standard InChI is InChI=1S/C15H19NS/c1-15(2)8-12(15)14(16-3)11-9-17-13-7-5-4-6-10(11)13/h4-7,9,12,14,16H,8H2,1-3H3. The quantitative estimate of drug-likeness (QED) is 0.854. The average Bonchev–Trinajstić information content (AvgIpc) is 2.76. The maximum absolute atomic E-state index is 3.52. The molecule has 0 saturated heterocycles. The van der Waals surface area contributed by atoms with Gasteiger partial charge in [0, 0.05) is 10.7 Å². The molecule has 0 aliphatic heterocycles. The van der Waals surface area contributed by atoms with Crippen molar-refractivity contribution in [3.8, 4) is 0 Å². The summed E-state index contributed by atoms with van der Waals surface area (Å²) < 4.78 is 1.40. The Kier molecular flexibility index (Phi) is 2.53. The van der Waals surface area contributed by atoms with Crippen LogP contribution in [0.15, 0.2) is 29.6 Å². The maximum Gasteiger partial charge on any atom is 0.0366 e. The number of hydrogen-bond donors (Lipinski definition) is 1. The first-order valence-electron chi connectivity index (χ1n) is 6.27. The van der Waals surface area contributed by atoms with Gasteiger partial charge in [-0.05, 0) is 47.2 Å². The van der Waals surface area contributed by atoms with E-state index in [1.54, 1.807) is 0 Å². The first kappa shape index (κ1) is 11.2. The summed E-state index contributed by atoms with van der Waals surface area (Å²) in [7, 11) is 2.09. The average molecular weight is 245 g/mol. The van der Waals surface area contributed by atoms with E-state index in [9.17, 15) is 0 Å². The highest BCUT2D eigenvalue weighted by atomic mass is 32.1. The van der Waals surface area contributed by atoms with Crippen molar-refractivity contribution in [1.82, 2.24) is 5.32 Å². The molecular weight excluding hydrogens is 226 g/mol. The second-order valence-electron chi connectivity index (χ2n) is 5.75. The Morgan fingerprint density at radius 2 is 2.06 bits per heavy atom. The Morgan fingerprint density at radius 3 is 2.71 bits per heavy atom. The molecule has 0 radical (unpaired) electrons. The molecule has 1 aliphatic rings. The summed E-state index contributed by atoms with van der Waals surface area (Å²) >= 11 is 1.86. The molecule has 3 rings (SSSR count). The molecule has 1 aliphatic carbocycles. The van der Waals surface area contributed by atoms with E-state index in [0.717, 1.165) is 5.92 Å². The van der Waals surface area contributed by atoms with Crippen LogP contribution in [0.25, 0.3) is 10.1 Å². The molecule has 1 aromatic heterocycles. The van der Waals surface area contributed by atoms with Gasteiger partial charge in [0.05, 0.1) is 0 Å². The fourth-order valence-corrected chi connectivity index (χ4v) is 3.89. The fourth-order valence-electron chi connectivity index (χ4n) is 2.89. The van der Waals surface area contributed by atoms with Crippen LogP contribution in [-0.4, -0.2) is 7.05 Å². The summed E-state index contributed by atoms with van der Waals surface area (Å²) in [5.74, 6) is 0.783. The second-order valence-corrected chi connectivity index (χ2v) is 6.66. The van der Waals surface area contributed by atoms with Gasteiger partial charge in [-0.3, -0.25) is 0 Å². The van der Waals surface area contributed by atoms with Gasteiger partial charge in [-0.15, -0.1) is 11.3 Å². The second kappa shape index (κ2) is 3.82. The molecule has 1 fully saturated rings. The minimum atomic E-state index is 0.511. The minimum absolute atomic E-state index is 0.511. The Balaban J connectivity index is 2.02. The summed E-state index contributed by atoms with van der Waals surface area (Å²) in [5.41, 5.74) is 2.00. The van der Waals surface area contributed by atoms with Crippen molar-refractivity contribution in [2.24, 2.45) is 11.3 Å². The molecule has 0 spiro atoms. The van der Waals surface area contributed by atoms with Crippen LogP contribution in [0.1, 0.15) is 31.9 Å². The van der Waals surface area contributed by atoms with Gasteiger partial charge in [-0.25, -0.2) is 0 Å². The summed E-state index contributed by atoms with van der Waals surface area (Å²) in [6, 6.07) is 9.25. The van der Waals surface area contributed by atoms with Gasteiger partial charge in [0.1, 0.15) is 0 Å². The van der Waals surface area contributed by atoms with Gasteiger partial charge in [0.25, 0.3) is 0 Å². The summed E-state index contributed by atoms with van der Waals surface area (Å²) in [6.45, 7) is 4.74. The molecule has 0 amide bonds. The molecular formula is C15H19NS. The molecule has 1 nitrogen and oxygen atoms in total. The lowest BCUT2D eigenvalue weighted by Crippen LogP contribution is -2.20. The van der Waals surface area contributed by atoms with Crippen LogP contribution < -0.4 is 5.32 Å². The zero-order chi connectivity index (χ0) is 12.0. The van der Waals surface area contributed by atoms with Gasteiger partial charge >= 0.3 is 0 Å². The summed E-state index contributed by atoms with van der Waals surface area (Å²) in [4.78, 5) is 0. The number of fused-ring (bicyclic) bond motifs is 1. The smallest absolute Gasteiger partial charge is 0.0366 e. The predicted octanol–water partition coefficient (Wildman–Crippen LogP) is 4.21. The molecule has 17 heavy (non-hydrogen) atoms. The van der Waals surface area contributed by atoms with Gasteiger partial charge in [-0.1, -0.05) is 32.0 Å². The van der Waals surface area contributed by atoms with Crippen molar-refractivity contribution in [3.63, 3.8) is 0 Å². The third kappa shape index (κ3) is 1.80. The first-order valence-corrected chi connectivity index (χ1v) is 7.15. The van der Waals surface area contributed by atoms with Crippen molar-refractivity contribution in [3.05, 3.63) is 35.2 Å². The van der Waals surface area contributed by atoms with Gasteiger partial charge in [0.15, 0.2) is 0 Å². The van der Waals surface area contributed by atoms with E-state index in [-0.39, 0.29) is 0 Å².